The van der Waals surface area contributed by atoms with Crippen molar-refractivity contribution >= 4 is 28.5 Å². The van der Waals surface area contributed by atoms with E-state index in [1.54, 1.807) is 0 Å². The van der Waals surface area contributed by atoms with Gasteiger partial charge in [-0.05, 0) is 36.6 Å². The number of rotatable bonds is 3. The third-order valence-corrected chi connectivity index (χ3v) is 5.14. The van der Waals surface area contributed by atoms with Gasteiger partial charge in [0.05, 0.1) is 11.6 Å². The number of hydrogen-bond donors (Lipinski definition) is 2. The van der Waals surface area contributed by atoms with Crippen molar-refractivity contribution in [3.8, 4) is 11.3 Å². The smallest absolute Gasteiger partial charge is 0.417 e. The molecule has 0 aliphatic carbocycles. The highest BCUT2D eigenvalue weighted by atomic mass is 19.4. The maximum atomic E-state index is 13.4. The van der Waals surface area contributed by atoms with Crippen LogP contribution in [-0.2, 0) is 15.7 Å². The van der Waals surface area contributed by atoms with Crippen LogP contribution in [0.1, 0.15) is 12.5 Å². The first-order valence-electron chi connectivity index (χ1n) is 9.14. The van der Waals surface area contributed by atoms with Crippen LogP contribution in [0, 0.1) is 0 Å². The number of anilines is 1. The average molecular weight is 432 g/mol. The number of pyridine rings is 1. The number of cyclic esters (lactones) is 1. The molecule has 1 aromatic heterocycles. The number of nitrogens with zero attached hydrogens (tertiary/aromatic N) is 1. The summed E-state index contributed by atoms with van der Waals surface area (Å²) in [6.07, 6.45) is -6.83. The van der Waals surface area contributed by atoms with Crippen molar-refractivity contribution in [2.75, 3.05) is 4.90 Å². The Labute approximate surface area is 172 Å². The van der Waals surface area contributed by atoms with Crippen LogP contribution in [0.3, 0.4) is 0 Å². The van der Waals surface area contributed by atoms with Gasteiger partial charge in [0.25, 0.3) is 5.56 Å². The van der Waals surface area contributed by atoms with Crippen molar-refractivity contribution in [1.82, 2.24) is 4.98 Å². The summed E-state index contributed by atoms with van der Waals surface area (Å²) in [6.45, 7) is 1.50. The molecule has 31 heavy (non-hydrogen) atoms. The molecule has 4 rings (SSSR count). The van der Waals surface area contributed by atoms with Crippen molar-refractivity contribution in [2.45, 2.75) is 25.2 Å². The first kappa shape index (κ1) is 20.5. The number of amides is 1. The predicted octanol–water partition coefficient (Wildman–Crippen LogP) is 4.01. The summed E-state index contributed by atoms with van der Waals surface area (Å²) in [4.78, 5) is 39.6. The highest BCUT2D eigenvalue weighted by Gasteiger charge is 2.44. The lowest BCUT2D eigenvalue weighted by atomic mass is 10.0. The van der Waals surface area contributed by atoms with Gasteiger partial charge in [0.1, 0.15) is 0 Å². The summed E-state index contributed by atoms with van der Waals surface area (Å²) in [5.41, 5.74) is -1.46. The number of nitrogens with one attached hydrogen (secondary N) is 1. The van der Waals surface area contributed by atoms with E-state index in [-0.39, 0.29) is 22.3 Å². The minimum atomic E-state index is -4.60. The Morgan fingerprint density at radius 2 is 1.84 bits per heavy atom. The van der Waals surface area contributed by atoms with Crippen LogP contribution in [0.25, 0.3) is 22.0 Å². The zero-order chi connectivity index (χ0) is 22.5. The van der Waals surface area contributed by atoms with Gasteiger partial charge in [-0.2, -0.15) is 13.2 Å². The van der Waals surface area contributed by atoms with Crippen LogP contribution in [0.4, 0.5) is 23.7 Å². The molecule has 1 aliphatic heterocycles. The molecule has 2 aromatic carbocycles. The second kappa shape index (κ2) is 7.15. The van der Waals surface area contributed by atoms with Gasteiger partial charge >= 0.3 is 18.2 Å². The minimum absolute atomic E-state index is 0.00179. The van der Waals surface area contributed by atoms with E-state index in [1.807, 2.05) is 0 Å². The van der Waals surface area contributed by atoms with Gasteiger partial charge in [0.15, 0.2) is 0 Å². The average Bonchev–Trinajstić information content (AvgIpc) is 3.01. The summed E-state index contributed by atoms with van der Waals surface area (Å²) in [5, 5.41) is 9.65. The summed E-state index contributed by atoms with van der Waals surface area (Å²) in [5.74, 6) is -1.30. The number of aromatic amines is 1. The minimum Gasteiger partial charge on any atom is -0.478 e. The molecule has 1 saturated heterocycles. The molecule has 0 spiro atoms. The van der Waals surface area contributed by atoms with Gasteiger partial charge in [0.2, 0.25) is 6.10 Å². The van der Waals surface area contributed by atoms with Crippen molar-refractivity contribution in [3.05, 3.63) is 64.4 Å². The number of fused-ring (bicyclic) bond motifs is 1. The maximum Gasteiger partial charge on any atom is 0.417 e. The van der Waals surface area contributed by atoms with Crippen molar-refractivity contribution < 1.29 is 32.6 Å². The lowest BCUT2D eigenvalue weighted by Crippen LogP contribution is -2.37. The molecule has 7 nitrogen and oxygen atoms in total. The molecule has 1 aliphatic rings. The Kier molecular flexibility index (Phi) is 4.72. The van der Waals surface area contributed by atoms with E-state index in [4.69, 9.17) is 9.84 Å². The number of aromatic nitrogens is 1. The van der Waals surface area contributed by atoms with E-state index in [0.717, 1.165) is 11.0 Å². The fraction of sp³-hybridized carbons (Fsp3) is 0.190. The summed E-state index contributed by atoms with van der Waals surface area (Å²) in [7, 11) is 0. The summed E-state index contributed by atoms with van der Waals surface area (Å²) < 4.78 is 44.9. The Hall–Kier alpha value is -3.82. The van der Waals surface area contributed by atoms with E-state index < -0.39 is 41.5 Å². The zero-order valence-corrected chi connectivity index (χ0v) is 15.9. The van der Waals surface area contributed by atoms with Gasteiger partial charge in [0, 0.05) is 22.3 Å². The SMILES string of the molecule is CC1C(C(=O)O)OC(=O)N1c1ccc2cc(-c3ccccc3C(F)(F)F)[nH]c(=O)c2c1. The largest absolute Gasteiger partial charge is 0.478 e. The van der Waals surface area contributed by atoms with Crippen LogP contribution >= 0.6 is 0 Å². The van der Waals surface area contributed by atoms with E-state index in [0.29, 0.717) is 5.39 Å². The van der Waals surface area contributed by atoms with Crippen LogP contribution in [0.15, 0.2) is 53.3 Å². The number of alkyl halides is 3. The number of ether oxygens (including phenoxy) is 1. The number of halogens is 3. The van der Waals surface area contributed by atoms with Crippen LogP contribution in [0.5, 0.6) is 0 Å². The molecule has 10 heteroatoms. The number of benzene rings is 2. The highest BCUT2D eigenvalue weighted by molar-refractivity contribution is 5.97. The van der Waals surface area contributed by atoms with Gasteiger partial charge in [-0.3, -0.25) is 9.69 Å². The van der Waals surface area contributed by atoms with E-state index in [9.17, 15) is 27.6 Å². The van der Waals surface area contributed by atoms with Crippen molar-refractivity contribution in [2.24, 2.45) is 0 Å². The van der Waals surface area contributed by atoms with Gasteiger partial charge in [-0.15, -0.1) is 0 Å². The Morgan fingerprint density at radius 1 is 1.13 bits per heavy atom. The lowest BCUT2D eigenvalue weighted by molar-refractivity contribution is -0.145. The monoisotopic (exact) mass is 432 g/mol. The molecule has 1 amide bonds. The first-order valence-corrected chi connectivity index (χ1v) is 9.14. The molecular formula is C21H15F3N2O5. The molecule has 2 atom stereocenters. The standard InChI is InChI=1S/C21H15F3N2O5/c1-10-17(19(28)29)31-20(30)26(10)12-7-6-11-8-16(25-18(27)14(11)9-12)13-4-2-3-5-15(13)21(22,23)24/h2-10,17H,1H3,(H,25,27)(H,28,29). The molecular weight excluding hydrogens is 417 g/mol. The molecule has 2 N–H and O–H groups in total. The lowest BCUT2D eigenvalue weighted by Gasteiger charge is -2.20. The third-order valence-electron chi connectivity index (χ3n) is 5.14. The van der Waals surface area contributed by atoms with Crippen LogP contribution in [0.2, 0.25) is 0 Å². The molecule has 1 fully saturated rings. The van der Waals surface area contributed by atoms with Gasteiger partial charge in [-0.25, -0.2) is 9.59 Å². The third kappa shape index (κ3) is 3.49. The summed E-state index contributed by atoms with van der Waals surface area (Å²) >= 11 is 0. The Balaban J connectivity index is 1.80. The number of aliphatic carboxylic acids is 1. The maximum absolute atomic E-state index is 13.4. The van der Waals surface area contributed by atoms with Crippen LogP contribution < -0.4 is 10.5 Å². The van der Waals surface area contributed by atoms with E-state index in [2.05, 4.69) is 4.98 Å². The number of carbonyl (C=O) groups is 2. The van der Waals surface area contributed by atoms with Gasteiger partial charge < -0.3 is 14.8 Å². The number of carboxylic acids is 1. The second-order valence-electron chi connectivity index (χ2n) is 7.08. The molecule has 2 unspecified atom stereocenters. The number of carbonyl (C=O) groups excluding carboxylic acids is 1. The Morgan fingerprint density at radius 3 is 2.48 bits per heavy atom. The van der Waals surface area contributed by atoms with Crippen molar-refractivity contribution in [3.63, 3.8) is 0 Å². The predicted molar refractivity (Wildman–Crippen MR) is 105 cm³/mol. The molecule has 3 aromatic rings. The summed E-state index contributed by atoms with van der Waals surface area (Å²) in [6, 6.07) is 9.82. The normalized spacial score (nSPS) is 19.0. The van der Waals surface area contributed by atoms with Crippen molar-refractivity contribution in [1.29, 1.82) is 0 Å². The number of hydrogen-bond acceptors (Lipinski definition) is 4. The fourth-order valence-electron chi connectivity index (χ4n) is 3.67. The topological polar surface area (TPSA) is 99.7 Å². The van der Waals surface area contributed by atoms with E-state index >= 15 is 0 Å². The van der Waals surface area contributed by atoms with E-state index in [1.165, 1.54) is 49.4 Å². The molecule has 0 saturated carbocycles. The Bertz CT molecular complexity index is 1270. The first-order chi connectivity index (χ1) is 14.6. The molecule has 0 radical (unpaired) electrons. The molecule has 160 valence electrons. The fourth-order valence-corrected chi connectivity index (χ4v) is 3.67. The van der Waals surface area contributed by atoms with Gasteiger partial charge in [-0.1, -0.05) is 24.3 Å². The second-order valence-corrected chi connectivity index (χ2v) is 7.08. The quantitative estimate of drug-likeness (QED) is 0.652. The molecule has 0 bridgehead atoms. The number of H-pyrrole nitrogens is 1. The molecule has 2 heterocycles. The highest BCUT2D eigenvalue weighted by Crippen LogP contribution is 2.37. The van der Waals surface area contributed by atoms with Crippen LogP contribution in [-0.4, -0.2) is 34.3 Å². The zero-order valence-electron chi connectivity index (χ0n) is 15.9. The number of carboxylic acid groups (broad SMARTS) is 1.